The molecule has 0 saturated heterocycles. The Bertz CT molecular complexity index is 1080. The summed E-state index contributed by atoms with van der Waals surface area (Å²) in [5.74, 6) is 0.136. The van der Waals surface area contributed by atoms with Gasteiger partial charge in [0.1, 0.15) is 5.75 Å². The molecule has 2 atom stereocenters. The van der Waals surface area contributed by atoms with Crippen molar-refractivity contribution < 1.29 is 19.2 Å². The fourth-order valence-electron chi connectivity index (χ4n) is 5.18. The van der Waals surface area contributed by atoms with Crippen molar-refractivity contribution in [1.82, 2.24) is 0 Å². The molecule has 0 spiro atoms. The molecule has 0 heterocycles. The van der Waals surface area contributed by atoms with Gasteiger partial charge < -0.3 is 14.9 Å². The number of hydrogen-bond acceptors (Lipinski definition) is 5. The summed E-state index contributed by atoms with van der Waals surface area (Å²) < 4.78 is 6.24. The predicted octanol–water partition coefficient (Wildman–Crippen LogP) is 5.67. The lowest BCUT2D eigenvalue weighted by atomic mass is 9.64. The molecule has 2 aliphatic rings. The van der Waals surface area contributed by atoms with Crippen molar-refractivity contribution in [3.63, 3.8) is 0 Å². The molecule has 32 heavy (non-hydrogen) atoms. The van der Waals surface area contributed by atoms with Gasteiger partial charge in [0, 0.05) is 21.1 Å². The third-order valence-electron chi connectivity index (χ3n) is 7.83. The third kappa shape index (κ3) is 3.50. The number of rotatable bonds is 5. The van der Waals surface area contributed by atoms with Gasteiger partial charge in [0.05, 0.1) is 23.8 Å². The number of halogens is 1. The molecule has 168 valence electrons. The van der Waals surface area contributed by atoms with Crippen molar-refractivity contribution in [2.75, 3.05) is 12.4 Å². The van der Waals surface area contributed by atoms with Gasteiger partial charge in [-0.15, -0.1) is 0 Å². The number of nitrogens with zero attached hydrogens (tertiary/aromatic N) is 1. The summed E-state index contributed by atoms with van der Waals surface area (Å²) in [5, 5.41) is 7.40. The Labute approximate surface area is 201 Å². The van der Waals surface area contributed by atoms with Crippen LogP contribution in [-0.4, -0.2) is 24.7 Å². The minimum atomic E-state index is -0.601. The molecule has 0 aromatic heterocycles. The molecular formula is C25H27IN2O4. The van der Waals surface area contributed by atoms with Gasteiger partial charge in [0.25, 0.3) is 0 Å². The Morgan fingerprint density at radius 1 is 1.00 bits per heavy atom. The van der Waals surface area contributed by atoms with Crippen LogP contribution in [0.4, 0.5) is 5.69 Å². The van der Waals surface area contributed by atoms with Crippen LogP contribution < -0.4 is 10.1 Å². The molecule has 2 aliphatic carbocycles. The monoisotopic (exact) mass is 546 g/mol. The van der Waals surface area contributed by atoms with E-state index in [2.05, 4.69) is 53.8 Å². The number of nitrogens with one attached hydrogen (secondary N) is 1. The highest BCUT2D eigenvalue weighted by atomic mass is 127. The SMILES string of the molecule is COc1ccc(C(=O)ON=C2CC3(C(=O)Nc4ccc(I)cc4)CCC2(C)C3(C)C)cc1. The van der Waals surface area contributed by atoms with Gasteiger partial charge in [-0.3, -0.25) is 4.79 Å². The second kappa shape index (κ2) is 8.17. The number of carbonyl (C=O) groups excluding carboxylic acids is 2. The third-order valence-corrected chi connectivity index (χ3v) is 8.55. The summed E-state index contributed by atoms with van der Waals surface area (Å²) in [5.41, 5.74) is 0.693. The maximum Gasteiger partial charge on any atom is 0.365 e. The quantitative estimate of drug-likeness (QED) is 0.298. The van der Waals surface area contributed by atoms with Crippen LogP contribution in [0.1, 0.15) is 50.4 Å². The number of anilines is 1. The van der Waals surface area contributed by atoms with Crippen LogP contribution in [0.15, 0.2) is 53.7 Å². The van der Waals surface area contributed by atoms with Crippen molar-refractivity contribution in [2.24, 2.45) is 21.4 Å². The smallest absolute Gasteiger partial charge is 0.365 e. The Balaban J connectivity index is 1.55. The summed E-state index contributed by atoms with van der Waals surface area (Å²) in [6.07, 6.45) is 2.07. The molecule has 2 fully saturated rings. The molecule has 2 saturated carbocycles. The minimum absolute atomic E-state index is 0.000820. The molecule has 1 amide bonds. The Morgan fingerprint density at radius 2 is 1.66 bits per heavy atom. The lowest BCUT2D eigenvalue weighted by Crippen LogP contribution is -2.43. The van der Waals surface area contributed by atoms with E-state index in [1.807, 2.05) is 24.3 Å². The first-order valence-corrected chi connectivity index (χ1v) is 11.7. The molecule has 6 nitrogen and oxygen atoms in total. The van der Waals surface area contributed by atoms with Gasteiger partial charge in [-0.05, 0) is 89.4 Å². The van der Waals surface area contributed by atoms with Gasteiger partial charge in [-0.2, -0.15) is 0 Å². The standard InChI is InChI=1S/C25H27IN2O4/c1-23(2)24(3)13-14-25(23,22(30)27-18-9-7-17(26)8-10-18)15-20(24)28-32-21(29)16-5-11-19(31-4)12-6-16/h5-12H,13-15H2,1-4H3,(H,27,30). The highest BCUT2D eigenvalue weighted by Gasteiger charge is 2.71. The highest BCUT2D eigenvalue weighted by molar-refractivity contribution is 14.1. The first-order chi connectivity index (χ1) is 15.1. The van der Waals surface area contributed by atoms with Gasteiger partial charge in [-0.25, -0.2) is 4.79 Å². The van der Waals surface area contributed by atoms with Gasteiger partial charge in [0.15, 0.2) is 0 Å². The van der Waals surface area contributed by atoms with E-state index < -0.39 is 11.4 Å². The number of benzene rings is 2. The van der Waals surface area contributed by atoms with Gasteiger partial charge in [-0.1, -0.05) is 25.9 Å². The van der Waals surface area contributed by atoms with Crippen LogP contribution in [-0.2, 0) is 9.63 Å². The van der Waals surface area contributed by atoms with Crippen molar-refractivity contribution >= 4 is 45.9 Å². The molecule has 7 heteroatoms. The molecular weight excluding hydrogens is 519 g/mol. The van der Waals surface area contributed by atoms with Crippen molar-refractivity contribution in [3.05, 3.63) is 57.7 Å². The van der Waals surface area contributed by atoms with E-state index >= 15 is 0 Å². The summed E-state index contributed by atoms with van der Waals surface area (Å²) in [4.78, 5) is 31.3. The summed E-state index contributed by atoms with van der Waals surface area (Å²) in [6.45, 7) is 6.38. The fraction of sp³-hybridized carbons (Fsp3) is 0.400. The number of ether oxygens (including phenoxy) is 1. The predicted molar refractivity (Wildman–Crippen MR) is 132 cm³/mol. The summed E-state index contributed by atoms with van der Waals surface area (Å²) in [7, 11) is 1.57. The molecule has 2 bridgehead atoms. The van der Waals surface area contributed by atoms with Crippen LogP contribution in [0.3, 0.4) is 0 Å². The van der Waals surface area contributed by atoms with Crippen LogP contribution in [0, 0.1) is 19.8 Å². The first-order valence-electron chi connectivity index (χ1n) is 10.6. The van der Waals surface area contributed by atoms with E-state index in [4.69, 9.17) is 9.57 Å². The molecule has 2 aromatic carbocycles. The number of methoxy groups -OCH3 is 1. The molecule has 2 unspecified atom stereocenters. The van der Waals surface area contributed by atoms with Crippen LogP contribution in [0.2, 0.25) is 0 Å². The number of hydrogen-bond donors (Lipinski definition) is 1. The van der Waals surface area contributed by atoms with Gasteiger partial charge in [0.2, 0.25) is 5.91 Å². The lowest BCUT2D eigenvalue weighted by Gasteiger charge is -2.39. The van der Waals surface area contributed by atoms with Gasteiger partial charge >= 0.3 is 5.97 Å². The zero-order chi connectivity index (χ0) is 23.1. The average Bonchev–Trinajstić information content (AvgIpc) is 3.09. The molecule has 0 radical (unpaired) electrons. The second-order valence-corrected chi connectivity index (χ2v) is 10.6. The zero-order valence-electron chi connectivity index (χ0n) is 18.7. The zero-order valence-corrected chi connectivity index (χ0v) is 20.9. The number of amides is 1. The largest absolute Gasteiger partial charge is 0.497 e. The average molecular weight is 546 g/mol. The highest BCUT2D eigenvalue weighted by Crippen LogP contribution is 2.71. The van der Waals surface area contributed by atoms with Crippen LogP contribution in [0.5, 0.6) is 5.75 Å². The number of fused-ring (bicyclic) bond motifs is 2. The van der Waals surface area contributed by atoms with E-state index in [-0.39, 0.29) is 16.7 Å². The van der Waals surface area contributed by atoms with E-state index in [1.54, 1.807) is 31.4 Å². The molecule has 0 aliphatic heterocycles. The summed E-state index contributed by atoms with van der Waals surface area (Å²) >= 11 is 2.24. The van der Waals surface area contributed by atoms with E-state index in [9.17, 15) is 9.59 Å². The van der Waals surface area contributed by atoms with E-state index in [0.717, 1.165) is 27.8 Å². The second-order valence-electron chi connectivity index (χ2n) is 9.32. The summed E-state index contributed by atoms with van der Waals surface area (Å²) in [6, 6.07) is 14.5. The molecule has 1 N–H and O–H groups in total. The van der Waals surface area contributed by atoms with E-state index in [1.165, 1.54) is 0 Å². The fourth-order valence-corrected chi connectivity index (χ4v) is 5.54. The van der Waals surface area contributed by atoms with Crippen LogP contribution >= 0.6 is 22.6 Å². The number of carbonyl (C=O) groups is 2. The first kappa shape index (κ1) is 22.8. The Kier molecular flexibility index (Phi) is 5.81. The number of oxime groups is 1. The molecule has 4 rings (SSSR count). The maximum absolute atomic E-state index is 13.5. The normalized spacial score (nSPS) is 26.7. The van der Waals surface area contributed by atoms with Crippen LogP contribution in [0.25, 0.3) is 0 Å². The van der Waals surface area contributed by atoms with Crippen molar-refractivity contribution in [3.8, 4) is 5.75 Å². The lowest BCUT2D eigenvalue weighted by molar-refractivity contribution is -0.130. The van der Waals surface area contributed by atoms with Crippen molar-refractivity contribution in [2.45, 2.75) is 40.0 Å². The maximum atomic E-state index is 13.5. The van der Waals surface area contributed by atoms with Crippen molar-refractivity contribution in [1.29, 1.82) is 0 Å². The Hall–Kier alpha value is -2.42. The molecule has 2 aromatic rings. The van der Waals surface area contributed by atoms with E-state index in [0.29, 0.717) is 17.7 Å². The minimum Gasteiger partial charge on any atom is -0.497 e. The topological polar surface area (TPSA) is 77.0 Å². The Morgan fingerprint density at radius 3 is 2.28 bits per heavy atom.